The van der Waals surface area contributed by atoms with E-state index in [0.717, 1.165) is 37.0 Å². The fourth-order valence-corrected chi connectivity index (χ4v) is 4.34. The average Bonchev–Trinajstić information content (AvgIpc) is 2.94. The molecule has 0 bridgehead atoms. The summed E-state index contributed by atoms with van der Waals surface area (Å²) in [6, 6.07) is 33.1. The fourth-order valence-electron chi connectivity index (χ4n) is 4.34. The molecule has 5 nitrogen and oxygen atoms in total. The van der Waals surface area contributed by atoms with E-state index < -0.39 is 0 Å². The van der Waals surface area contributed by atoms with Crippen molar-refractivity contribution in [3.63, 3.8) is 0 Å². The van der Waals surface area contributed by atoms with Gasteiger partial charge in [-0.2, -0.15) is 0 Å². The second-order valence-electron chi connectivity index (χ2n) is 8.87. The van der Waals surface area contributed by atoms with Crippen molar-refractivity contribution in [1.82, 2.24) is 0 Å². The van der Waals surface area contributed by atoms with Gasteiger partial charge in [-0.3, -0.25) is 0 Å². The lowest BCUT2D eigenvalue weighted by atomic mass is 9.62. The Balaban J connectivity index is 1.43. The number of ether oxygens (including phenoxy) is 3. The van der Waals surface area contributed by atoms with Crippen LogP contribution in [0.15, 0.2) is 97.1 Å². The Hall–Kier alpha value is -3.51. The molecule has 7 heteroatoms. The zero-order valence-electron chi connectivity index (χ0n) is 21.3. The van der Waals surface area contributed by atoms with Crippen LogP contribution in [0.4, 0.5) is 0 Å². The van der Waals surface area contributed by atoms with Gasteiger partial charge in [0.25, 0.3) is 0 Å². The van der Waals surface area contributed by atoms with Crippen LogP contribution in [0.25, 0.3) is 0 Å². The minimum Gasteiger partial charge on any atom is -0.493 e. The van der Waals surface area contributed by atoms with Gasteiger partial charge in [0.2, 0.25) is 0 Å². The molecular formula is C30H34B2N2O3. The quantitative estimate of drug-likeness (QED) is 0.256. The Morgan fingerprint density at radius 2 is 0.865 bits per heavy atom. The summed E-state index contributed by atoms with van der Waals surface area (Å²) in [4.78, 5) is 0. The first-order valence-corrected chi connectivity index (χ1v) is 12.8. The van der Waals surface area contributed by atoms with Crippen LogP contribution in [-0.2, 0) is 18.0 Å². The van der Waals surface area contributed by atoms with Crippen LogP contribution in [0.2, 0.25) is 0 Å². The minimum absolute atomic E-state index is 0.493. The third-order valence-corrected chi connectivity index (χ3v) is 6.21. The smallest absolute Gasteiger partial charge is 0.197 e. The Morgan fingerprint density at radius 1 is 0.486 bits per heavy atom. The summed E-state index contributed by atoms with van der Waals surface area (Å²) in [6.07, 6.45) is 0. The number of hydrogen-bond donors (Lipinski definition) is 2. The minimum atomic E-state index is 0.493. The summed E-state index contributed by atoms with van der Waals surface area (Å²) in [5.74, 6) is 1.77. The van der Waals surface area contributed by atoms with Crippen molar-refractivity contribution >= 4 is 36.4 Å². The van der Waals surface area contributed by atoms with Crippen LogP contribution in [0.3, 0.4) is 0 Å². The third-order valence-electron chi connectivity index (χ3n) is 6.21. The number of hydrogen-bond acceptors (Lipinski definition) is 5. The molecule has 0 heterocycles. The van der Waals surface area contributed by atoms with E-state index in [9.17, 15) is 0 Å². The summed E-state index contributed by atoms with van der Waals surface area (Å²) < 4.78 is 18.0. The maximum absolute atomic E-state index is 6.26. The number of nitrogens with two attached hydrogens (primary N) is 2. The fraction of sp³-hybridized carbons (Fsp3) is 0.200. The summed E-state index contributed by atoms with van der Waals surface area (Å²) in [7, 11) is 1.55. The van der Waals surface area contributed by atoms with Crippen molar-refractivity contribution in [2.45, 2.75) is 13.2 Å². The Morgan fingerprint density at radius 3 is 1.30 bits per heavy atom. The zero-order valence-corrected chi connectivity index (χ0v) is 21.3. The predicted octanol–water partition coefficient (Wildman–Crippen LogP) is 0.853. The van der Waals surface area contributed by atoms with E-state index in [-0.39, 0.29) is 0 Å². The van der Waals surface area contributed by atoms with Crippen molar-refractivity contribution in [1.29, 1.82) is 0 Å². The monoisotopic (exact) mass is 492 g/mol. The highest BCUT2D eigenvalue weighted by molar-refractivity contribution is 6.69. The van der Waals surface area contributed by atoms with Gasteiger partial charge in [-0.15, -0.1) is 0 Å². The maximum atomic E-state index is 6.26. The van der Waals surface area contributed by atoms with Gasteiger partial charge < -0.3 is 25.7 Å². The largest absolute Gasteiger partial charge is 0.493 e. The van der Waals surface area contributed by atoms with Crippen LogP contribution in [0.5, 0.6) is 11.5 Å². The van der Waals surface area contributed by atoms with E-state index >= 15 is 0 Å². The SMILES string of the molecule is NCCOc1ccccc1Bc1ccccc1COCc1ccccc1Bc1ccccc1OCCN. The van der Waals surface area contributed by atoms with Crippen molar-refractivity contribution in [3.05, 3.63) is 108 Å². The van der Waals surface area contributed by atoms with Gasteiger partial charge in [0.05, 0.1) is 13.2 Å². The molecule has 4 aromatic carbocycles. The van der Waals surface area contributed by atoms with Crippen molar-refractivity contribution in [3.8, 4) is 11.5 Å². The van der Waals surface area contributed by atoms with Crippen molar-refractivity contribution in [2.24, 2.45) is 11.5 Å². The molecule has 0 fully saturated rings. The molecule has 188 valence electrons. The van der Waals surface area contributed by atoms with Crippen LogP contribution in [0.1, 0.15) is 11.1 Å². The van der Waals surface area contributed by atoms with E-state index in [0.29, 0.717) is 39.5 Å². The lowest BCUT2D eigenvalue weighted by Gasteiger charge is -2.15. The highest BCUT2D eigenvalue weighted by atomic mass is 16.5. The molecule has 0 amide bonds. The van der Waals surface area contributed by atoms with Gasteiger partial charge in [-0.25, -0.2) is 0 Å². The van der Waals surface area contributed by atoms with Crippen LogP contribution in [0, 0.1) is 0 Å². The molecule has 0 aliphatic rings. The van der Waals surface area contributed by atoms with Crippen LogP contribution in [-0.4, -0.2) is 40.9 Å². The second kappa shape index (κ2) is 14.3. The first kappa shape index (κ1) is 26.6. The normalized spacial score (nSPS) is 10.6. The van der Waals surface area contributed by atoms with Gasteiger partial charge in [0.15, 0.2) is 14.6 Å². The summed E-state index contributed by atoms with van der Waals surface area (Å²) >= 11 is 0. The zero-order chi connectivity index (χ0) is 25.7. The lowest BCUT2D eigenvalue weighted by molar-refractivity contribution is 0.108. The topological polar surface area (TPSA) is 79.7 Å². The maximum Gasteiger partial charge on any atom is 0.197 e. The number of rotatable bonds is 14. The summed E-state index contributed by atoms with van der Waals surface area (Å²) in [5.41, 5.74) is 18.4. The van der Waals surface area contributed by atoms with Crippen LogP contribution >= 0.6 is 0 Å². The molecule has 0 aliphatic heterocycles. The van der Waals surface area contributed by atoms with Gasteiger partial charge in [-0.1, -0.05) is 95.9 Å². The molecule has 4 aromatic rings. The standard InChI is InChI=1S/C30H34B2N2O3/c33-17-19-36-29-15-7-5-13-27(29)31-25-11-3-1-9-23(25)21-35-22-24-10-2-4-12-26(24)32-28-14-6-8-16-30(28)37-20-18-34/h1-16,31-32H,17-22,33-34H2. The van der Waals surface area contributed by atoms with Crippen molar-refractivity contribution in [2.75, 3.05) is 26.3 Å². The number of para-hydroxylation sites is 2. The molecule has 37 heavy (non-hydrogen) atoms. The lowest BCUT2D eigenvalue weighted by Crippen LogP contribution is -2.32. The van der Waals surface area contributed by atoms with E-state index in [1.807, 2.05) is 36.4 Å². The van der Waals surface area contributed by atoms with Crippen molar-refractivity contribution < 1.29 is 14.2 Å². The van der Waals surface area contributed by atoms with Gasteiger partial charge >= 0.3 is 0 Å². The molecule has 0 saturated carbocycles. The molecule has 0 unspecified atom stereocenters. The first-order chi connectivity index (χ1) is 18.3. The third kappa shape index (κ3) is 7.73. The molecule has 0 aliphatic carbocycles. The first-order valence-electron chi connectivity index (χ1n) is 12.8. The predicted molar refractivity (Wildman–Crippen MR) is 156 cm³/mol. The molecule has 4 N–H and O–H groups in total. The highest BCUT2D eigenvalue weighted by Gasteiger charge is 2.12. The second-order valence-corrected chi connectivity index (χ2v) is 8.87. The number of benzene rings is 4. The van der Waals surface area contributed by atoms with Gasteiger partial charge in [0, 0.05) is 13.1 Å². The highest BCUT2D eigenvalue weighted by Crippen LogP contribution is 2.09. The van der Waals surface area contributed by atoms with E-state index in [4.69, 9.17) is 25.7 Å². The van der Waals surface area contributed by atoms with Crippen LogP contribution < -0.4 is 42.8 Å². The Bertz CT molecular complexity index is 1170. The van der Waals surface area contributed by atoms with Gasteiger partial charge in [-0.05, 0) is 34.2 Å². The molecular weight excluding hydrogens is 458 g/mol. The Labute approximate surface area is 221 Å². The van der Waals surface area contributed by atoms with Gasteiger partial charge in [0.1, 0.15) is 24.7 Å². The summed E-state index contributed by atoms with van der Waals surface area (Å²) in [5, 5.41) is 0. The van der Waals surface area contributed by atoms with E-state index in [2.05, 4.69) is 60.7 Å². The summed E-state index contributed by atoms with van der Waals surface area (Å²) in [6.45, 7) is 3.06. The molecule has 0 spiro atoms. The molecule has 4 rings (SSSR count). The molecule has 0 radical (unpaired) electrons. The van der Waals surface area contributed by atoms with E-state index in [1.165, 1.54) is 22.1 Å². The molecule has 0 atom stereocenters. The Kier molecular flexibility index (Phi) is 10.3. The average molecular weight is 492 g/mol. The molecule has 0 saturated heterocycles. The van der Waals surface area contributed by atoms with E-state index in [1.54, 1.807) is 0 Å². The molecule has 0 aromatic heterocycles.